The van der Waals surface area contributed by atoms with Crippen LogP contribution in [-0.2, 0) is 19.0 Å². The zero-order valence-corrected chi connectivity index (χ0v) is 13.0. The summed E-state index contributed by atoms with van der Waals surface area (Å²) in [5.41, 5.74) is 2.09. The van der Waals surface area contributed by atoms with Gasteiger partial charge in [0.2, 0.25) is 0 Å². The van der Waals surface area contributed by atoms with Gasteiger partial charge in [0.05, 0.1) is 24.4 Å². The van der Waals surface area contributed by atoms with Gasteiger partial charge in [0.15, 0.2) is 0 Å². The molecule has 0 saturated carbocycles. The Morgan fingerprint density at radius 3 is 2.45 bits per heavy atom. The Labute approximate surface area is 131 Å². The standard InChI is InChI=1S/C18H24O4/c19-18(13-4-2-6-15-17(22-15)10-8-13)20-11-12-3-1-5-14-16(21-14)9-7-12/h7-8,14-17H,1-6,9-11H2/b12-7+,13-8+. The van der Waals surface area contributed by atoms with Gasteiger partial charge < -0.3 is 14.2 Å². The van der Waals surface area contributed by atoms with Gasteiger partial charge in [0, 0.05) is 5.57 Å². The van der Waals surface area contributed by atoms with E-state index >= 15 is 0 Å². The lowest BCUT2D eigenvalue weighted by molar-refractivity contribution is -0.138. The lowest BCUT2D eigenvalue weighted by Crippen LogP contribution is -2.13. The minimum atomic E-state index is -0.136. The molecule has 4 unspecified atom stereocenters. The maximum Gasteiger partial charge on any atom is 0.333 e. The quantitative estimate of drug-likeness (QED) is 0.457. The van der Waals surface area contributed by atoms with Crippen molar-refractivity contribution >= 4 is 5.97 Å². The summed E-state index contributed by atoms with van der Waals surface area (Å²) in [6.07, 6.45) is 14.0. The molecule has 0 amide bonds. The Kier molecular flexibility index (Phi) is 4.05. The van der Waals surface area contributed by atoms with Crippen LogP contribution in [0.15, 0.2) is 23.3 Å². The number of hydrogen-bond donors (Lipinski definition) is 0. The average molecular weight is 304 g/mol. The third-order valence-electron chi connectivity index (χ3n) is 5.18. The van der Waals surface area contributed by atoms with Crippen LogP contribution in [0, 0.1) is 0 Å². The van der Waals surface area contributed by atoms with Crippen LogP contribution < -0.4 is 0 Å². The molecule has 2 heterocycles. The second-order valence-corrected chi connectivity index (χ2v) is 6.85. The minimum Gasteiger partial charge on any atom is -0.458 e. The molecule has 4 aliphatic rings. The van der Waals surface area contributed by atoms with Gasteiger partial charge in [-0.25, -0.2) is 4.79 Å². The van der Waals surface area contributed by atoms with E-state index in [0.717, 1.165) is 56.9 Å². The summed E-state index contributed by atoms with van der Waals surface area (Å²) in [4.78, 5) is 12.3. The molecule has 0 bridgehead atoms. The first-order valence-electron chi connectivity index (χ1n) is 8.64. The van der Waals surface area contributed by atoms with Gasteiger partial charge >= 0.3 is 5.97 Å². The van der Waals surface area contributed by atoms with Gasteiger partial charge in [-0.2, -0.15) is 0 Å². The van der Waals surface area contributed by atoms with E-state index in [1.54, 1.807) is 0 Å². The van der Waals surface area contributed by atoms with Crippen molar-refractivity contribution in [3.8, 4) is 0 Å². The smallest absolute Gasteiger partial charge is 0.333 e. The molecule has 0 radical (unpaired) electrons. The summed E-state index contributed by atoms with van der Waals surface area (Å²) in [5, 5.41) is 0. The van der Waals surface area contributed by atoms with Gasteiger partial charge in [-0.3, -0.25) is 0 Å². The molecule has 4 heteroatoms. The first kappa shape index (κ1) is 14.5. The number of carbonyl (C=O) groups is 1. The molecular formula is C18H24O4. The highest BCUT2D eigenvalue weighted by Gasteiger charge is 2.39. The number of fused-ring (bicyclic) bond motifs is 2. The SMILES string of the molecule is O=C(OC/C1=C/CC2OC2CCC1)/C1=C/CC2OC2CCC1. The summed E-state index contributed by atoms with van der Waals surface area (Å²) in [7, 11) is 0. The molecule has 4 rings (SSSR count). The fraction of sp³-hybridized carbons (Fsp3) is 0.722. The van der Waals surface area contributed by atoms with Crippen LogP contribution in [-0.4, -0.2) is 37.0 Å². The number of epoxide rings is 2. The van der Waals surface area contributed by atoms with E-state index in [9.17, 15) is 4.79 Å². The topological polar surface area (TPSA) is 51.4 Å². The average Bonchev–Trinajstić information content (AvgIpc) is 3.37. The Bertz CT molecular complexity index is 507. The molecule has 0 aromatic rings. The van der Waals surface area contributed by atoms with E-state index < -0.39 is 0 Å². The second-order valence-electron chi connectivity index (χ2n) is 6.85. The zero-order chi connectivity index (χ0) is 14.9. The summed E-state index contributed by atoms with van der Waals surface area (Å²) in [6.45, 7) is 0.441. The predicted octanol–water partition coefficient (Wildman–Crippen LogP) is 3.07. The van der Waals surface area contributed by atoms with Crippen LogP contribution in [0.3, 0.4) is 0 Å². The highest BCUT2D eigenvalue weighted by molar-refractivity contribution is 5.88. The van der Waals surface area contributed by atoms with Crippen LogP contribution in [0.25, 0.3) is 0 Å². The first-order valence-corrected chi connectivity index (χ1v) is 8.64. The lowest BCUT2D eigenvalue weighted by atomic mass is 9.99. The van der Waals surface area contributed by atoms with Crippen LogP contribution >= 0.6 is 0 Å². The molecule has 2 aliphatic heterocycles. The van der Waals surface area contributed by atoms with Crippen LogP contribution in [0.5, 0.6) is 0 Å². The van der Waals surface area contributed by atoms with Crippen molar-refractivity contribution in [1.82, 2.24) is 0 Å². The second kappa shape index (κ2) is 6.17. The van der Waals surface area contributed by atoms with Crippen molar-refractivity contribution in [2.75, 3.05) is 6.61 Å². The Morgan fingerprint density at radius 1 is 1.00 bits per heavy atom. The monoisotopic (exact) mass is 304 g/mol. The maximum absolute atomic E-state index is 12.3. The fourth-order valence-corrected chi connectivity index (χ4v) is 3.62. The van der Waals surface area contributed by atoms with E-state index in [2.05, 4.69) is 6.08 Å². The molecule has 2 aliphatic carbocycles. The van der Waals surface area contributed by atoms with Crippen molar-refractivity contribution in [1.29, 1.82) is 0 Å². The van der Waals surface area contributed by atoms with E-state index in [1.165, 1.54) is 5.57 Å². The van der Waals surface area contributed by atoms with Gasteiger partial charge in [-0.15, -0.1) is 0 Å². The summed E-state index contributed by atoms with van der Waals surface area (Å²) < 4.78 is 16.7. The van der Waals surface area contributed by atoms with Crippen molar-refractivity contribution in [3.63, 3.8) is 0 Å². The lowest BCUT2D eigenvalue weighted by Gasteiger charge is -2.13. The molecular weight excluding hydrogens is 280 g/mol. The largest absolute Gasteiger partial charge is 0.458 e. The Morgan fingerprint density at radius 2 is 1.68 bits per heavy atom. The fourth-order valence-electron chi connectivity index (χ4n) is 3.62. The zero-order valence-electron chi connectivity index (χ0n) is 13.0. The molecule has 0 aromatic heterocycles. The van der Waals surface area contributed by atoms with Crippen molar-refractivity contribution in [3.05, 3.63) is 23.3 Å². The van der Waals surface area contributed by atoms with E-state index in [-0.39, 0.29) is 5.97 Å². The normalized spacial score (nSPS) is 41.8. The molecule has 4 nitrogen and oxygen atoms in total. The van der Waals surface area contributed by atoms with Gasteiger partial charge in [-0.05, 0) is 56.9 Å². The van der Waals surface area contributed by atoms with Crippen LogP contribution in [0.2, 0.25) is 0 Å². The van der Waals surface area contributed by atoms with E-state index in [1.807, 2.05) is 6.08 Å². The van der Waals surface area contributed by atoms with Crippen molar-refractivity contribution in [2.24, 2.45) is 0 Å². The van der Waals surface area contributed by atoms with Gasteiger partial charge in [0.1, 0.15) is 6.61 Å². The van der Waals surface area contributed by atoms with E-state index in [4.69, 9.17) is 14.2 Å². The first-order chi connectivity index (χ1) is 10.8. The molecule has 0 N–H and O–H groups in total. The van der Waals surface area contributed by atoms with Crippen molar-refractivity contribution < 1.29 is 19.0 Å². The van der Waals surface area contributed by atoms with Crippen molar-refractivity contribution in [2.45, 2.75) is 75.8 Å². The molecule has 4 atom stereocenters. The maximum atomic E-state index is 12.3. The Balaban J connectivity index is 1.29. The van der Waals surface area contributed by atoms with Crippen LogP contribution in [0.1, 0.15) is 51.4 Å². The summed E-state index contributed by atoms with van der Waals surface area (Å²) in [6, 6.07) is 0. The molecule has 22 heavy (non-hydrogen) atoms. The number of esters is 1. The predicted molar refractivity (Wildman–Crippen MR) is 81.4 cm³/mol. The van der Waals surface area contributed by atoms with Gasteiger partial charge in [-0.1, -0.05) is 12.2 Å². The number of rotatable bonds is 3. The third kappa shape index (κ3) is 3.44. The summed E-state index contributed by atoms with van der Waals surface area (Å²) >= 11 is 0. The molecule has 0 aromatic carbocycles. The highest BCUT2D eigenvalue weighted by Crippen LogP contribution is 2.34. The third-order valence-corrected chi connectivity index (χ3v) is 5.18. The molecule has 0 spiro atoms. The number of hydrogen-bond acceptors (Lipinski definition) is 4. The van der Waals surface area contributed by atoms with Crippen LogP contribution in [0.4, 0.5) is 0 Å². The molecule has 120 valence electrons. The molecule has 2 saturated heterocycles. The Hall–Kier alpha value is -1.13. The summed E-state index contributed by atoms with van der Waals surface area (Å²) in [5.74, 6) is -0.136. The number of ether oxygens (including phenoxy) is 3. The minimum absolute atomic E-state index is 0.136. The number of carbonyl (C=O) groups excluding carboxylic acids is 1. The highest BCUT2D eigenvalue weighted by atomic mass is 16.6. The van der Waals surface area contributed by atoms with Gasteiger partial charge in [0.25, 0.3) is 0 Å². The molecule has 2 fully saturated rings. The van der Waals surface area contributed by atoms with E-state index in [0.29, 0.717) is 31.0 Å².